The van der Waals surface area contributed by atoms with Crippen LogP contribution in [0.15, 0.2) is 84.9 Å². The highest BCUT2D eigenvalue weighted by molar-refractivity contribution is 5.49. The number of aryl methyl sites for hydroxylation is 4. The van der Waals surface area contributed by atoms with Gasteiger partial charge in [-0.25, -0.2) is 0 Å². The smallest absolute Gasteiger partial charge is 0.0316 e. The van der Waals surface area contributed by atoms with E-state index in [-0.39, 0.29) is 0 Å². The van der Waals surface area contributed by atoms with Crippen molar-refractivity contribution in [3.05, 3.63) is 129 Å². The molecule has 0 aliphatic heterocycles. The molecule has 4 N–H and O–H groups in total. The minimum atomic E-state index is 0.438. The number of benzene rings is 4. The second-order valence-corrected chi connectivity index (χ2v) is 15.1. The first-order chi connectivity index (χ1) is 24.4. The molecule has 0 aliphatic rings. The van der Waals surface area contributed by atoms with Crippen molar-refractivity contribution in [3.8, 4) is 0 Å². The Kier molecular flexibility index (Phi) is 17.0. The molecule has 0 amide bonds. The first-order valence-electron chi connectivity index (χ1n) is 20.3. The highest BCUT2D eigenvalue weighted by atomic mass is 14.5. The van der Waals surface area contributed by atoms with Gasteiger partial charge in [-0.15, -0.1) is 0 Å². The molecule has 0 bridgehead atoms. The zero-order valence-corrected chi connectivity index (χ0v) is 32.1. The predicted molar refractivity (Wildman–Crippen MR) is 220 cm³/mol. The fourth-order valence-corrected chi connectivity index (χ4v) is 7.93. The minimum Gasteiger partial charge on any atom is -0.399 e. The molecule has 0 heterocycles. The molecule has 0 fully saturated rings. The highest BCUT2D eigenvalue weighted by Gasteiger charge is 2.18. The van der Waals surface area contributed by atoms with E-state index in [0.717, 1.165) is 24.2 Å². The van der Waals surface area contributed by atoms with Crippen LogP contribution in [0.2, 0.25) is 0 Å². The summed E-state index contributed by atoms with van der Waals surface area (Å²) in [4.78, 5) is 0. The third-order valence-electron chi connectivity index (χ3n) is 11.0. The van der Waals surface area contributed by atoms with Gasteiger partial charge in [0, 0.05) is 23.2 Å². The maximum atomic E-state index is 6.13. The van der Waals surface area contributed by atoms with E-state index in [1.165, 1.54) is 147 Å². The maximum absolute atomic E-state index is 6.13. The average molecular weight is 673 g/mol. The number of nitrogen functional groups attached to an aromatic ring is 2. The molecular weight excluding hydrogens is 605 g/mol. The SMILES string of the molecule is CCCCCCCCC(c1ccc(CCCCc2ccc(C(CCCCCCCC)c3ccc(N)cc3C)cc2)cc1)c1ccc(N)cc1C. The maximum Gasteiger partial charge on any atom is 0.0316 e. The lowest BCUT2D eigenvalue weighted by molar-refractivity contribution is 0.567. The van der Waals surface area contributed by atoms with Gasteiger partial charge in [0.15, 0.2) is 0 Å². The highest BCUT2D eigenvalue weighted by Crippen LogP contribution is 2.35. The van der Waals surface area contributed by atoms with E-state index >= 15 is 0 Å². The second kappa shape index (κ2) is 21.6. The Bertz CT molecular complexity index is 1400. The van der Waals surface area contributed by atoms with Crippen LogP contribution < -0.4 is 11.5 Å². The third-order valence-corrected chi connectivity index (χ3v) is 11.0. The molecule has 4 aromatic rings. The molecule has 4 aromatic carbocycles. The fraction of sp³-hybridized carbons (Fsp3) is 0.500. The molecule has 0 aromatic heterocycles. The van der Waals surface area contributed by atoms with Crippen LogP contribution in [0.5, 0.6) is 0 Å². The minimum absolute atomic E-state index is 0.438. The van der Waals surface area contributed by atoms with Gasteiger partial charge in [-0.3, -0.25) is 0 Å². The van der Waals surface area contributed by atoms with Crippen LogP contribution in [0.3, 0.4) is 0 Å². The van der Waals surface area contributed by atoms with Gasteiger partial charge in [-0.1, -0.05) is 152 Å². The van der Waals surface area contributed by atoms with Gasteiger partial charge >= 0.3 is 0 Å². The molecule has 0 saturated heterocycles. The first kappa shape index (κ1) is 39.3. The van der Waals surface area contributed by atoms with Crippen LogP contribution in [0.1, 0.15) is 173 Å². The topological polar surface area (TPSA) is 52.0 Å². The molecule has 0 saturated carbocycles. The van der Waals surface area contributed by atoms with E-state index in [1.54, 1.807) is 0 Å². The Morgan fingerprint density at radius 2 is 0.780 bits per heavy atom. The van der Waals surface area contributed by atoms with Gasteiger partial charge in [-0.2, -0.15) is 0 Å². The Hall–Kier alpha value is -3.52. The molecule has 2 atom stereocenters. The Balaban J connectivity index is 1.31. The fourth-order valence-electron chi connectivity index (χ4n) is 7.93. The monoisotopic (exact) mass is 673 g/mol. The van der Waals surface area contributed by atoms with E-state index in [9.17, 15) is 0 Å². The zero-order chi connectivity index (χ0) is 35.6. The molecule has 0 spiro atoms. The van der Waals surface area contributed by atoms with Crippen molar-refractivity contribution in [2.45, 2.75) is 155 Å². The van der Waals surface area contributed by atoms with Gasteiger partial charge in [0.25, 0.3) is 0 Å². The van der Waals surface area contributed by atoms with Crippen molar-refractivity contribution < 1.29 is 0 Å². The largest absolute Gasteiger partial charge is 0.399 e. The number of hydrogen-bond acceptors (Lipinski definition) is 2. The summed E-state index contributed by atoms with van der Waals surface area (Å²) < 4.78 is 0. The van der Waals surface area contributed by atoms with Crippen molar-refractivity contribution in [2.75, 3.05) is 11.5 Å². The van der Waals surface area contributed by atoms with Crippen LogP contribution >= 0.6 is 0 Å². The Morgan fingerprint density at radius 1 is 0.420 bits per heavy atom. The number of anilines is 2. The second-order valence-electron chi connectivity index (χ2n) is 15.1. The first-order valence-corrected chi connectivity index (χ1v) is 20.3. The third kappa shape index (κ3) is 12.7. The summed E-state index contributed by atoms with van der Waals surface area (Å²) >= 11 is 0. The van der Waals surface area contributed by atoms with Crippen LogP contribution in [-0.2, 0) is 12.8 Å². The van der Waals surface area contributed by atoms with Gasteiger partial charge in [0.2, 0.25) is 0 Å². The molecule has 50 heavy (non-hydrogen) atoms. The summed E-state index contributed by atoms with van der Waals surface area (Å²) in [6, 6.07) is 32.1. The van der Waals surface area contributed by atoms with Crippen molar-refractivity contribution in [3.63, 3.8) is 0 Å². The standard InChI is InChI=1S/C48H68N2/c1-5-7-9-11-13-15-21-47(45-33-31-43(49)35-37(45)3)41-27-23-39(24-28-41)19-17-18-20-40-25-29-42(30-26-40)48(22-16-14-12-10-8-6-2)46-34-32-44(50)36-38(46)4/h23-36,47-48H,5-22,49-50H2,1-4H3. The summed E-state index contributed by atoms with van der Waals surface area (Å²) in [7, 11) is 0. The molecule has 2 nitrogen and oxygen atoms in total. The lowest BCUT2D eigenvalue weighted by atomic mass is 9.83. The molecule has 270 valence electrons. The lowest BCUT2D eigenvalue weighted by Gasteiger charge is -2.21. The summed E-state index contributed by atoms with van der Waals surface area (Å²) in [5, 5.41) is 0. The van der Waals surface area contributed by atoms with Gasteiger partial charge in [0.1, 0.15) is 0 Å². The summed E-state index contributed by atoms with van der Waals surface area (Å²) in [5.74, 6) is 0.876. The van der Waals surface area contributed by atoms with Gasteiger partial charge in [0.05, 0.1) is 0 Å². The Labute approximate surface area is 306 Å². The molecule has 2 unspecified atom stereocenters. The molecular formula is C48H68N2. The molecule has 4 rings (SSSR count). The quantitative estimate of drug-likeness (QED) is 0.0608. The van der Waals surface area contributed by atoms with Crippen LogP contribution in [0.4, 0.5) is 11.4 Å². The van der Waals surface area contributed by atoms with Crippen LogP contribution in [-0.4, -0.2) is 0 Å². The van der Waals surface area contributed by atoms with Crippen molar-refractivity contribution in [2.24, 2.45) is 0 Å². The van der Waals surface area contributed by atoms with E-state index in [1.807, 2.05) is 0 Å². The van der Waals surface area contributed by atoms with Crippen LogP contribution in [0, 0.1) is 13.8 Å². The molecule has 0 radical (unpaired) electrons. The number of rotatable bonds is 23. The predicted octanol–water partition coefficient (Wildman–Crippen LogP) is 13.8. The number of hydrogen-bond donors (Lipinski definition) is 2. The van der Waals surface area contributed by atoms with E-state index in [4.69, 9.17) is 11.5 Å². The van der Waals surface area contributed by atoms with Gasteiger partial charge < -0.3 is 11.5 Å². The van der Waals surface area contributed by atoms with E-state index in [2.05, 4.69) is 113 Å². The van der Waals surface area contributed by atoms with Crippen LogP contribution in [0.25, 0.3) is 0 Å². The summed E-state index contributed by atoms with van der Waals surface area (Å²) in [6.45, 7) is 9.02. The summed E-state index contributed by atoms with van der Waals surface area (Å²) in [5.41, 5.74) is 25.3. The molecule has 2 heteroatoms. The molecule has 0 aliphatic carbocycles. The summed E-state index contributed by atoms with van der Waals surface area (Å²) in [6.07, 6.45) is 23.1. The van der Waals surface area contributed by atoms with Crippen molar-refractivity contribution in [1.29, 1.82) is 0 Å². The lowest BCUT2D eigenvalue weighted by Crippen LogP contribution is -2.05. The van der Waals surface area contributed by atoms with E-state index < -0.39 is 0 Å². The normalized spacial score (nSPS) is 12.6. The van der Waals surface area contributed by atoms with Crippen molar-refractivity contribution in [1.82, 2.24) is 0 Å². The average Bonchev–Trinajstić information content (AvgIpc) is 3.11. The Morgan fingerprint density at radius 3 is 1.14 bits per heavy atom. The zero-order valence-electron chi connectivity index (χ0n) is 32.1. The van der Waals surface area contributed by atoms with Crippen molar-refractivity contribution >= 4 is 11.4 Å². The van der Waals surface area contributed by atoms with Gasteiger partial charge in [-0.05, 0) is 121 Å². The number of unbranched alkanes of at least 4 members (excludes halogenated alkanes) is 11. The van der Waals surface area contributed by atoms with E-state index in [0.29, 0.717) is 11.8 Å². The number of nitrogens with two attached hydrogens (primary N) is 2.